The Kier molecular flexibility index (Phi) is 1.61. The second-order valence-corrected chi connectivity index (χ2v) is 4.13. The second-order valence-electron chi connectivity index (χ2n) is 1.46. The average Bonchev–Trinajstić information content (AvgIpc) is 1.87. The third-order valence-electron chi connectivity index (χ3n) is 0.816. The van der Waals surface area contributed by atoms with Crippen molar-refractivity contribution in [1.82, 2.24) is 0 Å². The smallest absolute Gasteiger partial charge is 0.0797 e. The van der Waals surface area contributed by atoms with Gasteiger partial charge in [0.2, 0.25) is 0 Å². The number of halogens is 1. The Bertz CT molecular complexity index is 121. The Balaban J connectivity index is 2.58. The summed E-state index contributed by atoms with van der Waals surface area (Å²) in [5.74, 6) is 1.76. The van der Waals surface area contributed by atoms with E-state index >= 15 is 0 Å². The maximum atomic E-state index is 10.5. The molecule has 3 heteroatoms. The highest BCUT2D eigenvalue weighted by Gasteiger charge is 2.22. The molecule has 7 heavy (non-hydrogen) atoms. The maximum absolute atomic E-state index is 10.5. The van der Waals surface area contributed by atoms with Crippen LogP contribution in [0.15, 0.2) is 11.9 Å². The van der Waals surface area contributed by atoms with Gasteiger partial charge < -0.3 is 0 Å². The Hall–Kier alpha value is 0.320. The molecule has 38 valence electrons. The van der Waals surface area contributed by atoms with Crippen LogP contribution in [0.1, 0.15) is 0 Å². The van der Waals surface area contributed by atoms with Crippen LogP contribution in [0.2, 0.25) is 0 Å². The highest BCUT2D eigenvalue weighted by Crippen LogP contribution is 2.32. The summed E-state index contributed by atoms with van der Waals surface area (Å²) < 4.78 is 10.5. The van der Waals surface area contributed by atoms with E-state index in [1.165, 1.54) is 0 Å². The molecule has 0 spiro atoms. The minimum atomic E-state index is -0.982. The first-order valence-electron chi connectivity index (χ1n) is 2.05. The van der Waals surface area contributed by atoms with Gasteiger partial charge in [0.05, 0.1) is 4.83 Å². The molecule has 0 N–H and O–H groups in total. The molecule has 0 radical (unpaired) electrons. The fourth-order valence-electron chi connectivity index (χ4n) is 0.483. The molecule has 1 aliphatic rings. The molecule has 1 aliphatic heterocycles. The molecule has 2 atom stereocenters. The molecule has 2 unspecified atom stereocenters. The molecule has 0 amide bonds. The summed E-state index contributed by atoms with van der Waals surface area (Å²) in [6, 6.07) is 0. The van der Waals surface area contributed by atoms with Crippen molar-refractivity contribution in [3.05, 3.63) is 11.9 Å². The maximum Gasteiger partial charge on any atom is 0.370 e. The molecule has 0 aromatic rings. The van der Waals surface area contributed by atoms with Crippen molar-refractivity contribution < 1.29 is 4.57 Å². The second kappa shape index (κ2) is 2.06. The normalized spacial score (nSPS) is 34.4. The molecular formula is C4H5BrOP+. The van der Waals surface area contributed by atoms with E-state index in [1.54, 1.807) is 5.82 Å². The van der Waals surface area contributed by atoms with Crippen LogP contribution in [0.25, 0.3) is 0 Å². The lowest BCUT2D eigenvalue weighted by atomic mass is 10.5. The quantitative estimate of drug-likeness (QED) is 0.412. The minimum absolute atomic E-state index is 0.371. The van der Waals surface area contributed by atoms with Gasteiger partial charge in [0, 0.05) is 0 Å². The Morgan fingerprint density at radius 1 is 1.86 bits per heavy atom. The van der Waals surface area contributed by atoms with Gasteiger partial charge in [-0.3, -0.25) is 0 Å². The van der Waals surface area contributed by atoms with Crippen LogP contribution in [0.5, 0.6) is 0 Å². The number of hydrogen-bond acceptors (Lipinski definition) is 1. The molecule has 0 saturated heterocycles. The van der Waals surface area contributed by atoms with E-state index in [1.807, 2.05) is 6.08 Å². The van der Waals surface area contributed by atoms with Gasteiger partial charge in [-0.05, 0) is 6.08 Å². The first-order valence-corrected chi connectivity index (χ1v) is 4.48. The fraction of sp³-hybridized carbons (Fsp3) is 0.500. The standard InChI is InChI=1S/C4H5BrOP/c5-4-1-2-7(6)3-4/h1-2,4H,3H2/q+1. The third-order valence-corrected chi connectivity index (χ3v) is 3.20. The summed E-state index contributed by atoms with van der Waals surface area (Å²) in [5, 5.41) is 0. The van der Waals surface area contributed by atoms with E-state index in [-0.39, 0.29) is 0 Å². The highest BCUT2D eigenvalue weighted by molar-refractivity contribution is 9.09. The van der Waals surface area contributed by atoms with Crippen molar-refractivity contribution in [2.24, 2.45) is 0 Å². The molecule has 1 nitrogen and oxygen atoms in total. The van der Waals surface area contributed by atoms with Crippen molar-refractivity contribution in [3.63, 3.8) is 0 Å². The van der Waals surface area contributed by atoms with Crippen molar-refractivity contribution in [1.29, 1.82) is 0 Å². The summed E-state index contributed by atoms with van der Waals surface area (Å²) in [6.07, 6.45) is 2.72. The zero-order valence-electron chi connectivity index (χ0n) is 3.67. The summed E-state index contributed by atoms with van der Waals surface area (Å²) in [4.78, 5) is 0.371. The van der Waals surface area contributed by atoms with Crippen LogP contribution in [0.3, 0.4) is 0 Å². The summed E-state index contributed by atoms with van der Waals surface area (Å²) in [7, 11) is -0.982. The fourth-order valence-corrected chi connectivity index (χ4v) is 2.71. The first kappa shape index (κ1) is 5.46. The zero-order chi connectivity index (χ0) is 5.28. The molecule has 0 bridgehead atoms. The van der Waals surface area contributed by atoms with E-state index in [9.17, 15) is 4.57 Å². The summed E-state index contributed by atoms with van der Waals surface area (Å²) >= 11 is 3.31. The monoisotopic (exact) mass is 179 g/mol. The Morgan fingerprint density at radius 2 is 2.57 bits per heavy atom. The van der Waals surface area contributed by atoms with Gasteiger partial charge in [0.15, 0.2) is 12.0 Å². The average molecular weight is 180 g/mol. The van der Waals surface area contributed by atoms with Gasteiger partial charge in [0.1, 0.15) is 0 Å². The highest BCUT2D eigenvalue weighted by atomic mass is 79.9. The minimum Gasteiger partial charge on any atom is -0.0797 e. The van der Waals surface area contributed by atoms with Gasteiger partial charge >= 0.3 is 7.80 Å². The van der Waals surface area contributed by atoms with Gasteiger partial charge in [-0.25, -0.2) is 0 Å². The lowest BCUT2D eigenvalue weighted by Crippen LogP contribution is -1.87. The number of allylic oxidation sites excluding steroid dienone is 1. The lowest BCUT2D eigenvalue weighted by molar-refractivity contribution is 0.594. The molecule has 1 rings (SSSR count). The number of rotatable bonds is 0. The lowest BCUT2D eigenvalue weighted by Gasteiger charge is -1.78. The Labute approximate surface area is 51.7 Å². The van der Waals surface area contributed by atoms with Crippen molar-refractivity contribution >= 4 is 23.7 Å². The van der Waals surface area contributed by atoms with Crippen LogP contribution < -0.4 is 0 Å². The van der Waals surface area contributed by atoms with Crippen molar-refractivity contribution in [2.45, 2.75) is 4.83 Å². The predicted molar refractivity (Wildman–Crippen MR) is 34.3 cm³/mol. The van der Waals surface area contributed by atoms with Crippen molar-refractivity contribution in [2.75, 3.05) is 6.16 Å². The van der Waals surface area contributed by atoms with Gasteiger partial charge in [-0.1, -0.05) is 20.5 Å². The molecule has 0 aromatic heterocycles. The van der Waals surface area contributed by atoms with Crippen LogP contribution in [-0.2, 0) is 4.57 Å². The topological polar surface area (TPSA) is 17.1 Å². The van der Waals surface area contributed by atoms with Gasteiger partial charge in [-0.15, -0.1) is 0 Å². The first-order chi connectivity index (χ1) is 3.29. The van der Waals surface area contributed by atoms with Crippen LogP contribution in [0.4, 0.5) is 0 Å². The third kappa shape index (κ3) is 1.36. The number of hydrogen-bond donors (Lipinski definition) is 0. The zero-order valence-corrected chi connectivity index (χ0v) is 6.15. The van der Waals surface area contributed by atoms with E-state index < -0.39 is 7.80 Å². The SMILES string of the molecule is O=[P+]1C=CC(Br)C1. The van der Waals surface area contributed by atoms with E-state index in [4.69, 9.17) is 0 Å². The summed E-state index contributed by atoms with van der Waals surface area (Å²) in [6.45, 7) is 0. The number of alkyl halides is 1. The van der Waals surface area contributed by atoms with Crippen LogP contribution >= 0.6 is 23.7 Å². The van der Waals surface area contributed by atoms with Crippen LogP contribution in [-0.4, -0.2) is 11.0 Å². The molecule has 0 aliphatic carbocycles. The Morgan fingerprint density at radius 3 is 2.71 bits per heavy atom. The van der Waals surface area contributed by atoms with E-state index in [2.05, 4.69) is 15.9 Å². The molecule has 0 aromatic carbocycles. The molecule has 0 saturated carbocycles. The van der Waals surface area contributed by atoms with Gasteiger partial charge in [0.25, 0.3) is 0 Å². The van der Waals surface area contributed by atoms with Crippen LogP contribution in [0, 0.1) is 0 Å². The summed E-state index contributed by atoms with van der Waals surface area (Å²) in [5.41, 5.74) is 0. The van der Waals surface area contributed by atoms with Gasteiger partial charge in [-0.2, -0.15) is 0 Å². The van der Waals surface area contributed by atoms with E-state index in [0.717, 1.165) is 6.16 Å². The molecule has 1 heterocycles. The molecular weight excluding hydrogens is 175 g/mol. The van der Waals surface area contributed by atoms with Crippen molar-refractivity contribution in [3.8, 4) is 0 Å². The predicted octanol–water partition coefficient (Wildman–Crippen LogP) is 2.10. The van der Waals surface area contributed by atoms with E-state index in [0.29, 0.717) is 4.83 Å². The molecule has 0 fully saturated rings. The largest absolute Gasteiger partial charge is 0.370 e.